The lowest BCUT2D eigenvalue weighted by Gasteiger charge is -2.17. The quantitative estimate of drug-likeness (QED) is 0.910. The van der Waals surface area contributed by atoms with Gasteiger partial charge in [-0.2, -0.15) is 0 Å². The Morgan fingerprint density at radius 1 is 1.50 bits per heavy atom. The van der Waals surface area contributed by atoms with E-state index in [0.717, 1.165) is 5.56 Å². The molecule has 1 unspecified atom stereocenters. The summed E-state index contributed by atoms with van der Waals surface area (Å²) in [6, 6.07) is 5.36. The summed E-state index contributed by atoms with van der Waals surface area (Å²) in [5.41, 5.74) is 1.34. The fourth-order valence-electron chi connectivity index (χ4n) is 1.79. The minimum absolute atomic E-state index is 0.00543. The summed E-state index contributed by atoms with van der Waals surface area (Å²) in [7, 11) is 0. The summed E-state index contributed by atoms with van der Waals surface area (Å²) >= 11 is 6.94. The smallest absolute Gasteiger partial charge is 0.262 e. The van der Waals surface area contributed by atoms with Crippen LogP contribution < -0.4 is 5.32 Å². The molecule has 2 rings (SSSR count). The third-order valence-corrected chi connectivity index (χ3v) is 4.22. The molecule has 1 atom stereocenters. The average molecular weight is 314 g/mol. The number of amides is 1. The summed E-state index contributed by atoms with van der Waals surface area (Å²) in [5, 5.41) is 13.9. The van der Waals surface area contributed by atoms with E-state index in [9.17, 15) is 14.3 Å². The highest BCUT2D eigenvalue weighted by atomic mass is 35.5. The summed E-state index contributed by atoms with van der Waals surface area (Å²) in [5.74, 6) is -0.865. The van der Waals surface area contributed by atoms with Crippen molar-refractivity contribution in [2.45, 2.75) is 13.0 Å². The normalized spacial score (nSPS) is 12.2. The van der Waals surface area contributed by atoms with Crippen molar-refractivity contribution in [3.05, 3.63) is 56.5 Å². The summed E-state index contributed by atoms with van der Waals surface area (Å²) in [6.45, 7) is 1.51. The van der Waals surface area contributed by atoms with Gasteiger partial charge in [0, 0.05) is 0 Å². The van der Waals surface area contributed by atoms with Gasteiger partial charge in [0.1, 0.15) is 5.82 Å². The van der Waals surface area contributed by atoms with Crippen LogP contribution >= 0.6 is 22.9 Å². The van der Waals surface area contributed by atoms with Crippen molar-refractivity contribution >= 4 is 28.8 Å². The van der Waals surface area contributed by atoms with Gasteiger partial charge in [0.15, 0.2) is 0 Å². The summed E-state index contributed by atoms with van der Waals surface area (Å²) < 4.78 is 13.4. The topological polar surface area (TPSA) is 49.3 Å². The SMILES string of the molecule is Cc1ccsc1C(=O)NC(CO)c1ccc(Cl)c(F)c1. The molecule has 1 aromatic heterocycles. The first-order valence-corrected chi connectivity index (χ1v) is 7.19. The monoisotopic (exact) mass is 313 g/mol. The number of halogens is 2. The molecule has 0 radical (unpaired) electrons. The summed E-state index contributed by atoms with van der Waals surface area (Å²) in [6.07, 6.45) is 0. The van der Waals surface area contributed by atoms with E-state index >= 15 is 0 Å². The zero-order valence-electron chi connectivity index (χ0n) is 10.7. The molecule has 0 saturated heterocycles. The maximum Gasteiger partial charge on any atom is 0.262 e. The van der Waals surface area contributed by atoms with Crippen LogP contribution in [0.1, 0.15) is 26.8 Å². The van der Waals surface area contributed by atoms with Crippen LogP contribution in [0.25, 0.3) is 0 Å². The summed E-state index contributed by atoms with van der Waals surface area (Å²) in [4.78, 5) is 12.7. The van der Waals surface area contributed by atoms with E-state index in [1.165, 1.54) is 23.5 Å². The van der Waals surface area contributed by atoms with Gasteiger partial charge in [0.25, 0.3) is 5.91 Å². The van der Waals surface area contributed by atoms with E-state index in [2.05, 4.69) is 5.32 Å². The Labute approximate surface area is 125 Å². The maximum absolute atomic E-state index is 13.4. The van der Waals surface area contributed by atoms with Gasteiger partial charge in [-0.1, -0.05) is 17.7 Å². The van der Waals surface area contributed by atoms with Gasteiger partial charge >= 0.3 is 0 Å². The molecule has 2 N–H and O–H groups in total. The average Bonchev–Trinajstić information content (AvgIpc) is 2.85. The van der Waals surface area contributed by atoms with Crippen molar-refractivity contribution in [1.29, 1.82) is 0 Å². The molecular formula is C14H13ClFNO2S. The number of carbonyl (C=O) groups is 1. The van der Waals surface area contributed by atoms with E-state index in [1.54, 1.807) is 6.07 Å². The van der Waals surface area contributed by atoms with E-state index in [1.807, 2.05) is 18.4 Å². The molecule has 1 amide bonds. The molecule has 106 valence electrons. The lowest BCUT2D eigenvalue weighted by atomic mass is 10.1. The second kappa shape index (κ2) is 6.35. The van der Waals surface area contributed by atoms with Crippen LogP contribution in [0, 0.1) is 12.7 Å². The van der Waals surface area contributed by atoms with Gasteiger partial charge in [0.05, 0.1) is 22.5 Å². The molecule has 0 spiro atoms. The van der Waals surface area contributed by atoms with Gasteiger partial charge in [-0.25, -0.2) is 4.39 Å². The highest BCUT2D eigenvalue weighted by Gasteiger charge is 2.18. The van der Waals surface area contributed by atoms with E-state index in [0.29, 0.717) is 10.4 Å². The van der Waals surface area contributed by atoms with Crippen LogP contribution in [0.4, 0.5) is 4.39 Å². The largest absolute Gasteiger partial charge is 0.394 e. The predicted molar refractivity (Wildman–Crippen MR) is 77.8 cm³/mol. The fraction of sp³-hybridized carbons (Fsp3) is 0.214. The number of rotatable bonds is 4. The first-order chi connectivity index (χ1) is 9.52. The molecule has 0 saturated carbocycles. The molecule has 3 nitrogen and oxygen atoms in total. The van der Waals surface area contributed by atoms with Crippen LogP contribution in [0.15, 0.2) is 29.6 Å². The molecule has 2 aromatic rings. The molecule has 1 heterocycles. The molecule has 0 aliphatic carbocycles. The van der Waals surface area contributed by atoms with E-state index in [-0.39, 0.29) is 17.5 Å². The van der Waals surface area contributed by atoms with Gasteiger partial charge in [-0.3, -0.25) is 4.79 Å². The van der Waals surface area contributed by atoms with Crippen LogP contribution in [0.5, 0.6) is 0 Å². The number of hydrogen-bond donors (Lipinski definition) is 2. The van der Waals surface area contributed by atoms with Gasteiger partial charge in [0.2, 0.25) is 0 Å². The van der Waals surface area contributed by atoms with Crippen molar-refractivity contribution in [3.63, 3.8) is 0 Å². The van der Waals surface area contributed by atoms with Crippen molar-refractivity contribution in [2.24, 2.45) is 0 Å². The molecule has 6 heteroatoms. The Morgan fingerprint density at radius 3 is 2.80 bits per heavy atom. The molecule has 0 fully saturated rings. The van der Waals surface area contributed by atoms with Gasteiger partial charge < -0.3 is 10.4 Å². The first kappa shape index (κ1) is 15.0. The number of hydrogen-bond acceptors (Lipinski definition) is 3. The lowest BCUT2D eigenvalue weighted by Crippen LogP contribution is -2.30. The van der Waals surface area contributed by atoms with Gasteiger partial charge in [-0.05, 0) is 41.6 Å². The number of carbonyl (C=O) groups excluding carboxylic acids is 1. The molecule has 0 bridgehead atoms. The Kier molecular flexibility index (Phi) is 4.75. The highest BCUT2D eigenvalue weighted by Crippen LogP contribution is 2.22. The van der Waals surface area contributed by atoms with Crippen molar-refractivity contribution in [2.75, 3.05) is 6.61 Å². The van der Waals surface area contributed by atoms with Gasteiger partial charge in [-0.15, -0.1) is 11.3 Å². The van der Waals surface area contributed by atoms with E-state index < -0.39 is 11.9 Å². The molecular weight excluding hydrogens is 301 g/mol. The lowest BCUT2D eigenvalue weighted by molar-refractivity contribution is 0.0919. The van der Waals surface area contributed by atoms with Crippen molar-refractivity contribution in [3.8, 4) is 0 Å². The second-order valence-electron chi connectivity index (χ2n) is 4.31. The Hall–Kier alpha value is -1.43. The number of aryl methyl sites for hydroxylation is 1. The molecule has 0 aliphatic heterocycles. The van der Waals surface area contributed by atoms with Crippen molar-refractivity contribution < 1.29 is 14.3 Å². The van der Waals surface area contributed by atoms with E-state index in [4.69, 9.17) is 11.6 Å². The van der Waals surface area contributed by atoms with Crippen LogP contribution in [-0.2, 0) is 0 Å². The zero-order chi connectivity index (χ0) is 14.7. The Morgan fingerprint density at radius 2 is 2.25 bits per heavy atom. The number of nitrogens with one attached hydrogen (secondary N) is 1. The zero-order valence-corrected chi connectivity index (χ0v) is 12.3. The fourth-order valence-corrected chi connectivity index (χ4v) is 2.74. The highest BCUT2D eigenvalue weighted by molar-refractivity contribution is 7.12. The molecule has 20 heavy (non-hydrogen) atoms. The van der Waals surface area contributed by atoms with Crippen LogP contribution in [0.2, 0.25) is 5.02 Å². The van der Waals surface area contributed by atoms with Crippen molar-refractivity contribution in [1.82, 2.24) is 5.32 Å². The van der Waals surface area contributed by atoms with Crippen LogP contribution in [-0.4, -0.2) is 17.6 Å². The second-order valence-corrected chi connectivity index (χ2v) is 5.64. The minimum Gasteiger partial charge on any atom is -0.394 e. The number of aliphatic hydroxyl groups excluding tert-OH is 1. The minimum atomic E-state index is -0.671. The number of benzene rings is 1. The third kappa shape index (κ3) is 3.17. The predicted octanol–water partition coefficient (Wildman–Crippen LogP) is 3.31. The first-order valence-electron chi connectivity index (χ1n) is 5.93. The molecule has 1 aromatic carbocycles. The third-order valence-electron chi connectivity index (χ3n) is 2.90. The van der Waals surface area contributed by atoms with Crippen LogP contribution in [0.3, 0.4) is 0 Å². The number of thiophene rings is 1. The Bertz CT molecular complexity index is 629. The number of aliphatic hydroxyl groups is 1. The maximum atomic E-state index is 13.4. The standard InChI is InChI=1S/C14H13ClFNO2S/c1-8-4-5-20-13(8)14(19)17-12(7-18)9-2-3-10(15)11(16)6-9/h2-6,12,18H,7H2,1H3,(H,17,19). The Balaban J connectivity index is 2.19. The molecule has 0 aliphatic rings.